The summed E-state index contributed by atoms with van der Waals surface area (Å²) in [7, 11) is 0. The van der Waals surface area contributed by atoms with Gasteiger partial charge in [0.2, 0.25) is 5.91 Å². The standard InChI is InChI=1S/C16H18F4N2O3/c17-12-3-1-2-4-13(12)25-9-14(23)22-7-5-11(6-8-22)15(24)21-10-16(18,19)20/h1-4,11H,5-10H2,(H,21,24). The Morgan fingerprint density at radius 2 is 1.84 bits per heavy atom. The summed E-state index contributed by atoms with van der Waals surface area (Å²) in [5.74, 6) is -2.18. The predicted molar refractivity (Wildman–Crippen MR) is 80.3 cm³/mol. The van der Waals surface area contributed by atoms with Crippen molar-refractivity contribution in [2.45, 2.75) is 19.0 Å². The fourth-order valence-corrected chi connectivity index (χ4v) is 2.52. The van der Waals surface area contributed by atoms with Crippen LogP contribution in [0.15, 0.2) is 24.3 Å². The van der Waals surface area contributed by atoms with Crippen LogP contribution in [0, 0.1) is 11.7 Å². The Morgan fingerprint density at radius 1 is 1.20 bits per heavy atom. The van der Waals surface area contributed by atoms with Gasteiger partial charge in [-0.1, -0.05) is 12.1 Å². The smallest absolute Gasteiger partial charge is 0.405 e. The fraction of sp³-hybridized carbons (Fsp3) is 0.500. The van der Waals surface area contributed by atoms with Crippen LogP contribution in [0.4, 0.5) is 17.6 Å². The Hall–Kier alpha value is -2.32. The molecular formula is C16H18F4N2O3. The number of likely N-dealkylation sites (tertiary alicyclic amines) is 1. The lowest BCUT2D eigenvalue weighted by Gasteiger charge is -2.31. The molecule has 0 unspecified atom stereocenters. The van der Waals surface area contributed by atoms with Gasteiger partial charge in [-0.25, -0.2) is 4.39 Å². The number of rotatable bonds is 5. The highest BCUT2D eigenvalue weighted by molar-refractivity contribution is 5.80. The number of nitrogens with zero attached hydrogens (tertiary/aromatic N) is 1. The lowest BCUT2D eigenvalue weighted by atomic mass is 9.96. The van der Waals surface area contributed by atoms with Crippen LogP contribution in [0.2, 0.25) is 0 Å². The number of para-hydroxylation sites is 1. The van der Waals surface area contributed by atoms with E-state index in [0.717, 1.165) is 0 Å². The molecule has 0 saturated carbocycles. The first-order valence-corrected chi connectivity index (χ1v) is 7.76. The van der Waals surface area contributed by atoms with E-state index in [2.05, 4.69) is 0 Å². The van der Waals surface area contributed by atoms with Crippen molar-refractivity contribution in [3.63, 3.8) is 0 Å². The van der Waals surface area contributed by atoms with Gasteiger partial charge in [0.15, 0.2) is 18.2 Å². The number of hydrogen-bond donors (Lipinski definition) is 1. The third kappa shape index (κ3) is 5.91. The fourth-order valence-electron chi connectivity index (χ4n) is 2.52. The normalized spacial score (nSPS) is 15.8. The molecule has 5 nitrogen and oxygen atoms in total. The van der Waals surface area contributed by atoms with Gasteiger partial charge in [-0.3, -0.25) is 9.59 Å². The van der Waals surface area contributed by atoms with Crippen molar-refractivity contribution in [2.75, 3.05) is 26.2 Å². The topological polar surface area (TPSA) is 58.6 Å². The number of ether oxygens (including phenoxy) is 1. The largest absolute Gasteiger partial charge is 0.481 e. The maximum atomic E-state index is 13.4. The zero-order valence-electron chi connectivity index (χ0n) is 13.3. The zero-order valence-corrected chi connectivity index (χ0v) is 13.3. The van der Waals surface area contributed by atoms with Gasteiger partial charge in [0.05, 0.1) is 0 Å². The van der Waals surface area contributed by atoms with Crippen LogP contribution in [-0.4, -0.2) is 49.1 Å². The van der Waals surface area contributed by atoms with E-state index in [4.69, 9.17) is 4.74 Å². The molecule has 25 heavy (non-hydrogen) atoms. The molecule has 1 aromatic rings. The second kappa shape index (κ2) is 8.17. The van der Waals surface area contributed by atoms with Crippen LogP contribution in [0.3, 0.4) is 0 Å². The summed E-state index contributed by atoms with van der Waals surface area (Å²) in [6, 6.07) is 5.69. The van der Waals surface area contributed by atoms with Crippen LogP contribution in [0.1, 0.15) is 12.8 Å². The number of piperidine rings is 1. The minimum Gasteiger partial charge on any atom is -0.481 e. The molecule has 1 aromatic carbocycles. The van der Waals surface area contributed by atoms with E-state index >= 15 is 0 Å². The van der Waals surface area contributed by atoms with Gasteiger partial charge in [0.1, 0.15) is 6.54 Å². The van der Waals surface area contributed by atoms with E-state index in [1.54, 1.807) is 6.07 Å². The molecule has 2 rings (SSSR count). The molecule has 0 bridgehead atoms. The Balaban J connectivity index is 1.75. The average Bonchev–Trinajstić information content (AvgIpc) is 2.58. The Bertz CT molecular complexity index is 614. The molecule has 0 aromatic heterocycles. The van der Waals surface area contributed by atoms with Crippen molar-refractivity contribution in [3.05, 3.63) is 30.1 Å². The number of carbonyl (C=O) groups is 2. The summed E-state index contributed by atoms with van der Waals surface area (Å²) in [5.41, 5.74) is 0. The van der Waals surface area contributed by atoms with E-state index in [9.17, 15) is 27.2 Å². The molecule has 0 aliphatic carbocycles. The first-order chi connectivity index (χ1) is 11.8. The van der Waals surface area contributed by atoms with Gasteiger partial charge in [0, 0.05) is 19.0 Å². The first kappa shape index (κ1) is 19.0. The maximum Gasteiger partial charge on any atom is 0.405 e. The van der Waals surface area contributed by atoms with E-state index in [-0.39, 0.29) is 44.2 Å². The van der Waals surface area contributed by atoms with Crippen LogP contribution in [0.5, 0.6) is 5.75 Å². The highest BCUT2D eigenvalue weighted by Gasteiger charge is 2.31. The summed E-state index contributed by atoms with van der Waals surface area (Å²) in [6.07, 6.45) is -3.90. The number of carbonyl (C=O) groups excluding carboxylic acids is 2. The van der Waals surface area contributed by atoms with Crippen LogP contribution in [-0.2, 0) is 9.59 Å². The van der Waals surface area contributed by atoms with Gasteiger partial charge < -0.3 is 15.0 Å². The molecule has 138 valence electrons. The molecule has 0 radical (unpaired) electrons. The van der Waals surface area contributed by atoms with Gasteiger partial charge in [-0.2, -0.15) is 13.2 Å². The maximum absolute atomic E-state index is 13.4. The number of halogens is 4. The SMILES string of the molecule is O=C(NCC(F)(F)F)C1CCN(C(=O)COc2ccccc2F)CC1. The Kier molecular flexibility index (Phi) is 6.22. The molecule has 0 spiro atoms. The summed E-state index contributed by atoms with van der Waals surface area (Å²) >= 11 is 0. The molecule has 1 heterocycles. The van der Waals surface area contributed by atoms with Crippen molar-refractivity contribution in [1.29, 1.82) is 0 Å². The number of nitrogens with one attached hydrogen (secondary N) is 1. The minimum absolute atomic E-state index is 0.0303. The summed E-state index contributed by atoms with van der Waals surface area (Å²) in [5, 5.41) is 1.86. The van der Waals surface area contributed by atoms with E-state index in [0.29, 0.717) is 0 Å². The van der Waals surface area contributed by atoms with E-state index in [1.165, 1.54) is 23.1 Å². The van der Waals surface area contributed by atoms with Crippen LogP contribution in [0.25, 0.3) is 0 Å². The Morgan fingerprint density at radius 3 is 2.44 bits per heavy atom. The van der Waals surface area contributed by atoms with Crippen molar-refractivity contribution in [1.82, 2.24) is 10.2 Å². The van der Waals surface area contributed by atoms with Crippen molar-refractivity contribution >= 4 is 11.8 Å². The first-order valence-electron chi connectivity index (χ1n) is 7.76. The molecule has 1 saturated heterocycles. The third-order valence-electron chi connectivity index (χ3n) is 3.87. The summed E-state index contributed by atoms with van der Waals surface area (Å²) in [4.78, 5) is 25.2. The van der Waals surface area contributed by atoms with Gasteiger partial charge >= 0.3 is 6.18 Å². The molecule has 9 heteroatoms. The lowest BCUT2D eigenvalue weighted by Crippen LogP contribution is -2.45. The van der Waals surface area contributed by atoms with Gasteiger partial charge in [-0.15, -0.1) is 0 Å². The average molecular weight is 362 g/mol. The van der Waals surface area contributed by atoms with E-state index in [1.807, 2.05) is 5.32 Å². The molecular weight excluding hydrogens is 344 g/mol. The molecule has 1 aliphatic rings. The van der Waals surface area contributed by atoms with Crippen LogP contribution >= 0.6 is 0 Å². The number of hydrogen-bond acceptors (Lipinski definition) is 3. The van der Waals surface area contributed by atoms with Gasteiger partial charge in [0.25, 0.3) is 5.91 Å². The van der Waals surface area contributed by atoms with Gasteiger partial charge in [-0.05, 0) is 25.0 Å². The quantitative estimate of drug-likeness (QED) is 0.817. The molecule has 1 N–H and O–H groups in total. The highest BCUT2D eigenvalue weighted by atomic mass is 19.4. The van der Waals surface area contributed by atoms with E-state index < -0.39 is 30.4 Å². The van der Waals surface area contributed by atoms with Crippen LogP contribution < -0.4 is 10.1 Å². The van der Waals surface area contributed by atoms with Crippen molar-refractivity contribution < 1.29 is 31.9 Å². The summed E-state index contributed by atoms with van der Waals surface area (Å²) < 4.78 is 54.8. The zero-order chi connectivity index (χ0) is 18.4. The summed E-state index contributed by atoms with van der Waals surface area (Å²) in [6.45, 7) is -1.22. The highest BCUT2D eigenvalue weighted by Crippen LogP contribution is 2.20. The lowest BCUT2D eigenvalue weighted by molar-refractivity contribution is -0.143. The minimum atomic E-state index is -4.45. The second-order valence-electron chi connectivity index (χ2n) is 5.71. The van der Waals surface area contributed by atoms with Crippen molar-refractivity contribution in [3.8, 4) is 5.75 Å². The number of alkyl halides is 3. The molecule has 0 atom stereocenters. The predicted octanol–water partition coefficient (Wildman–Crippen LogP) is 2.12. The van der Waals surface area contributed by atoms with Crippen molar-refractivity contribution in [2.24, 2.45) is 5.92 Å². The monoisotopic (exact) mass is 362 g/mol. The second-order valence-corrected chi connectivity index (χ2v) is 5.71. The number of amides is 2. The Labute approximate surface area is 141 Å². The molecule has 2 amide bonds. The third-order valence-corrected chi connectivity index (χ3v) is 3.87. The molecule has 1 aliphatic heterocycles. The molecule has 1 fully saturated rings. The number of benzene rings is 1.